The van der Waals surface area contributed by atoms with E-state index in [0.717, 1.165) is 6.54 Å². The molecule has 102 valence electrons. The second kappa shape index (κ2) is 6.81. The van der Waals surface area contributed by atoms with Crippen LogP contribution in [0.15, 0.2) is 12.3 Å². The lowest BCUT2D eigenvalue weighted by atomic mass is 10.2. The van der Waals surface area contributed by atoms with Gasteiger partial charge in [0.25, 0.3) is 5.91 Å². The van der Waals surface area contributed by atoms with Crippen LogP contribution in [0.1, 0.15) is 37.3 Å². The van der Waals surface area contributed by atoms with Gasteiger partial charge >= 0.3 is 0 Å². The minimum absolute atomic E-state index is 0.0708. The molecular formula is C13H22ClN3O. The lowest BCUT2D eigenvalue weighted by molar-refractivity contribution is 0.0937. The van der Waals surface area contributed by atoms with E-state index in [2.05, 4.69) is 17.6 Å². The maximum atomic E-state index is 12.1. The zero-order valence-electron chi connectivity index (χ0n) is 11.5. The van der Waals surface area contributed by atoms with Gasteiger partial charge in [-0.2, -0.15) is 0 Å². The van der Waals surface area contributed by atoms with Crippen molar-refractivity contribution in [1.82, 2.24) is 15.2 Å². The Morgan fingerprint density at radius 2 is 2.06 bits per heavy atom. The van der Waals surface area contributed by atoms with Gasteiger partial charge < -0.3 is 15.2 Å². The van der Waals surface area contributed by atoms with Crippen LogP contribution >= 0.6 is 11.6 Å². The maximum absolute atomic E-state index is 12.1. The van der Waals surface area contributed by atoms with E-state index < -0.39 is 0 Å². The van der Waals surface area contributed by atoms with Gasteiger partial charge in [0.15, 0.2) is 0 Å². The Balaban J connectivity index is 2.66. The van der Waals surface area contributed by atoms with Gasteiger partial charge in [0.1, 0.15) is 5.69 Å². The third kappa shape index (κ3) is 4.03. The summed E-state index contributed by atoms with van der Waals surface area (Å²) in [6, 6.07) is 1.92. The average Bonchev–Trinajstić information content (AvgIpc) is 2.69. The van der Waals surface area contributed by atoms with E-state index in [1.54, 1.807) is 12.3 Å². The molecule has 1 unspecified atom stereocenters. The highest BCUT2D eigenvalue weighted by Crippen LogP contribution is 2.18. The molecule has 0 aromatic carbocycles. The Morgan fingerprint density at radius 1 is 1.39 bits per heavy atom. The number of carbonyl (C=O) groups excluding carboxylic acids is 1. The van der Waals surface area contributed by atoms with Crippen molar-refractivity contribution in [3.8, 4) is 0 Å². The van der Waals surface area contributed by atoms with Gasteiger partial charge in [-0.15, -0.1) is 0 Å². The number of nitrogens with zero attached hydrogens (tertiary/aromatic N) is 1. The first-order valence-electron chi connectivity index (χ1n) is 6.25. The number of aromatic nitrogens is 1. The predicted octanol–water partition coefficient (Wildman–Crippen LogP) is 2.31. The van der Waals surface area contributed by atoms with Crippen molar-refractivity contribution in [2.24, 2.45) is 5.92 Å². The van der Waals surface area contributed by atoms with Gasteiger partial charge in [-0.1, -0.05) is 18.5 Å². The van der Waals surface area contributed by atoms with E-state index >= 15 is 0 Å². The van der Waals surface area contributed by atoms with Crippen molar-refractivity contribution < 1.29 is 4.79 Å². The van der Waals surface area contributed by atoms with E-state index in [9.17, 15) is 4.79 Å². The topological polar surface area (TPSA) is 46.1 Å². The molecule has 0 bridgehead atoms. The molecule has 1 aromatic heterocycles. The number of nitrogens with one attached hydrogen (secondary N) is 2. The minimum Gasteiger partial charge on any atom is -0.350 e. The lowest BCUT2D eigenvalue weighted by Crippen LogP contribution is -2.33. The molecule has 1 amide bonds. The molecule has 0 radical (unpaired) electrons. The number of amides is 1. The number of rotatable bonds is 6. The Bertz CT molecular complexity index is 401. The van der Waals surface area contributed by atoms with Crippen LogP contribution in [0.5, 0.6) is 0 Å². The van der Waals surface area contributed by atoms with Crippen molar-refractivity contribution in [1.29, 1.82) is 0 Å². The van der Waals surface area contributed by atoms with E-state index in [1.165, 1.54) is 0 Å². The molecule has 0 saturated carbocycles. The summed E-state index contributed by atoms with van der Waals surface area (Å²) in [5.74, 6) is 0.329. The van der Waals surface area contributed by atoms with Gasteiger partial charge in [0.2, 0.25) is 0 Å². The molecule has 1 heterocycles. The first-order valence-corrected chi connectivity index (χ1v) is 6.63. The summed E-state index contributed by atoms with van der Waals surface area (Å²) in [5, 5.41) is 6.62. The smallest absolute Gasteiger partial charge is 0.267 e. The molecule has 0 aliphatic heterocycles. The fourth-order valence-corrected chi connectivity index (χ4v) is 2.04. The van der Waals surface area contributed by atoms with E-state index in [4.69, 9.17) is 11.6 Å². The molecule has 1 rings (SSSR count). The summed E-state index contributed by atoms with van der Waals surface area (Å²) in [6.07, 6.45) is 1.79. The van der Waals surface area contributed by atoms with Crippen LogP contribution in [0, 0.1) is 5.92 Å². The maximum Gasteiger partial charge on any atom is 0.267 e. The van der Waals surface area contributed by atoms with Crippen LogP contribution in [0.3, 0.4) is 0 Å². The van der Waals surface area contributed by atoms with Crippen molar-refractivity contribution in [3.63, 3.8) is 0 Å². The average molecular weight is 272 g/mol. The van der Waals surface area contributed by atoms with E-state index in [0.29, 0.717) is 23.2 Å². The Morgan fingerprint density at radius 3 is 2.61 bits per heavy atom. The highest BCUT2D eigenvalue weighted by atomic mass is 35.5. The minimum atomic E-state index is -0.0708. The molecule has 2 N–H and O–H groups in total. The van der Waals surface area contributed by atoms with Crippen LogP contribution in [-0.4, -0.2) is 30.6 Å². The lowest BCUT2D eigenvalue weighted by Gasteiger charge is -2.15. The fourth-order valence-electron chi connectivity index (χ4n) is 1.83. The summed E-state index contributed by atoms with van der Waals surface area (Å²) in [6.45, 7) is 7.67. The van der Waals surface area contributed by atoms with E-state index in [1.807, 2.05) is 25.5 Å². The normalized spacial score (nSPS) is 12.8. The fraction of sp³-hybridized carbons (Fsp3) is 0.615. The van der Waals surface area contributed by atoms with Crippen molar-refractivity contribution in [2.75, 3.05) is 20.1 Å². The molecule has 1 aromatic rings. The summed E-state index contributed by atoms with van der Waals surface area (Å²) in [7, 11) is 1.90. The summed E-state index contributed by atoms with van der Waals surface area (Å²) in [5.41, 5.74) is 0.617. The quantitative estimate of drug-likeness (QED) is 0.834. The van der Waals surface area contributed by atoms with Gasteiger partial charge in [0.05, 0.1) is 5.02 Å². The SMILES string of the molecule is CNCC(C)CNC(=O)c1cc(Cl)cn1C(C)C. The molecule has 0 aliphatic carbocycles. The molecule has 0 saturated heterocycles. The van der Waals surface area contributed by atoms with Crippen LogP contribution in [-0.2, 0) is 0 Å². The molecule has 0 aliphatic rings. The second-order valence-electron chi connectivity index (χ2n) is 4.92. The van der Waals surface area contributed by atoms with E-state index in [-0.39, 0.29) is 11.9 Å². The van der Waals surface area contributed by atoms with Crippen molar-refractivity contribution >= 4 is 17.5 Å². The monoisotopic (exact) mass is 271 g/mol. The molecule has 5 heteroatoms. The molecule has 0 spiro atoms. The molecule has 18 heavy (non-hydrogen) atoms. The van der Waals surface area contributed by atoms with Crippen molar-refractivity contribution in [2.45, 2.75) is 26.8 Å². The number of carbonyl (C=O) groups is 1. The largest absolute Gasteiger partial charge is 0.350 e. The van der Waals surface area contributed by atoms with Gasteiger partial charge in [-0.05, 0) is 39.4 Å². The highest BCUT2D eigenvalue weighted by Gasteiger charge is 2.15. The summed E-state index contributed by atoms with van der Waals surface area (Å²) >= 11 is 5.96. The number of hydrogen-bond donors (Lipinski definition) is 2. The molecule has 4 nitrogen and oxygen atoms in total. The summed E-state index contributed by atoms with van der Waals surface area (Å²) < 4.78 is 1.89. The van der Waals surface area contributed by atoms with Crippen LogP contribution in [0.25, 0.3) is 0 Å². The highest BCUT2D eigenvalue weighted by molar-refractivity contribution is 6.31. The summed E-state index contributed by atoms with van der Waals surface area (Å²) in [4.78, 5) is 12.1. The third-order valence-electron chi connectivity index (χ3n) is 2.77. The molecule has 1 atom stereocenters. The van der Waals surface area contributed by atoms with Gasteiger partial charge in [0, 0.05) is 18.8 Å². The van der Waals surface area contributed by atoms with Crippen LogP contribution in [0.2, 0.25) is 5.02 Å². The zero-order chi connectivity index (χ0) is 13.7. The molecular weight excluding hydrogens is 250 g/mol. The van der Waals surface area contributed by atoms with Gasteiger partial charge in [-0.25, -0.2) is 0 Å². The van der Waals surface area contributed by atoms with Gasteiger partial charge in [-0.3, -0.25) is 4.79 Å². The Hall–Kier alpha value is -1.00. The van der Waals surface area contributed by atoms with Crippen molar-refractivity contribution in [3.05, 3.63) is 23.0 Å². The second-order valence-corrected chi connectivity index (χ2v) is 5.35. The standard InChI is InChI=1S/C13H22ClN3O/c1-9(2)17-8-11(14)5-12(17)13(18)16-7-10(3)6-15-4/h5,8-10,15H,6-7H2,1-4H3,(H,16,18). The number of halogens is 1. The predicted molar refractivity (Wildman–Crippen MR) is 75.3 cm³/mol. The van der Waals surface area contributed by atoms with Crippen LogP contribution < -0.4 is 10.6 Å². The first kappa shape index (κ1) is 15.1. The Kier molecular flexibility index (Phi) is 5.69. The number of hydrogen-bond acceptors (Lipinski definition) is 2. The molecule has 0 fully saturated rings. The third-order valence-corrected chi connectivity index (χ3v) is 2.97. The zero-order valence-corrected chi connectivity index (χ0v) is 12.2. The Labute approximate surface area is 114 Å². The van der Waals surface area contributed by atoms with Crippen LogP contribution in [0.4, 0.5) is 0 Å². The first-order chi connectivity index (χ1) is 8.45.